The monoisotopic (exact) mass is 251 g/mol. The van der Waals surface area contributed by atoms with Crippen LogP contribution in [-0.4, -0.2) is 12.6 Å². The van der Waals surface area contributed by atoms with Crippen molar-refractivity contribution in [2.75, 3.05) is 12.3 Å². The molecule has 0 amide bonds. The fraction of sp³-hybridized carbons (Fsp3) is 0.300. The van der Waals surface area contributed by atoms with Gasteiger partial charge in [0.15, 0.2) is 5.82 Å². The molecular weight excluding hydrogens is 242 g/mol. The van der Waals surface area contributed by atoms with Gasteiger partial charge in [0.2, 0.25) is 0 Å². The van der Waals surface area contributed by atoms with Crippen LogP contribution in [0.15, 0.2) is 12.1 Å². The Bertz CT molecular complexity index is 443. The third-order valence-corrected chi connectivity index (χ3v) is 1.96. The van der Waals surface area contributed by atoms with Gasteiger partial charge < -0.3 is 10.5 Å². The summed E-state index contributed by atoms with van der Waals surface area (Å²) in [5.41, 5.74) is 2.43. The zero-order valence-electron chi connectivity index (χ0n) is 8.77. The molecule has 0 fully saturated rings. The molecule has 0 unspecified atom stereocenters. The molecule has 94 valence electrons. The predicted molar refractivity (Wildman–Crippen MR) is 51.8 cm³/mol. The van der Waals surface area contributed by atoms with Gasteiger partial charge in [0.05, 0.1) is 12.2 Å². The number of carbonyl (C=O) groups excluding carboxylic acids is 1. The summed E-state index contributed by atoms with van der Waals surface area (Å²) < 4.78 is 55.1. The number of hydrogen-bond donors (Lipinski definition) is 1. The summed E-state index contributed by atoms with van der Waals surface area (Å²) in [6.45, 7) is 1.35. The lowest BCUT2D eigenvalue weighted by atomic mass is 10.1. The van der Waals surface area contributed by atoms with E-state index in [2.05, 4.69) is 4.74 Å². The molecule has 0 aliphatic carbocycles. The standard InChI is InChI=1S/C10H9F4NO2/c1-2-17-9(16)7-6(15)4-3-5(8(7)11)10(12,13)14/h3-4H,2,15H2,1H3. The Morgan fingerprint density at radius 2 is 2.00 bits per heavy atom. The first-order valence-corrected chi connectivity index (χ1v) is 4.61. The maximum absolute atomic E-state index is 13.5. The van der Waals surface area contributed by atoms with Crippen LogP contribution >= 0.6 is 0 Å². The van der Waals surface area contributed by atoms with Gasteiger partial charge in [-0.05, 0) is 19.1 Å². The lowest BCUT2D eigenvalue weighted by Crippen LogP contribution is -2.16. The molecule has 7 heteroatoms. The van der Waals surface area contributed by atoms with E-state index in [9.17, 15) is 22.4 Å². The first kappa shape index (κ1) is 13.3. The highest BCUT2D eigenvalue weighted by Crippen LogP contribution is 2.34. The highest BCUT2D eigenvalue weighted by Gasteiger charge is 2.36. The Morgan fingerprint density at radius 3 is 2.47 bits per heavy atom. The first-order valence-electron chi connectivity index (χ1n) is 4.61. The van der Waals surface area contributed by atoms with E-state index >= 15 is 0 Å². The van der Waals surface area contributed by atoms with Crippen LogP contribution in [0, 0.1) is 5.82 Å². The molecule has 0 bridgehead atoms. The van der Waals surface area contributed by atoms with Crippen molar-refractivity contribution in [3.63, 3.8) is 0 Å². The third kappa shape index (κ3) is 2.66. The van der Waals surface area contributed by atoms with Crippen LogP contribution in [0.5, 0.6) is 0 Å². The minimum atomic E-state index is -4.89. The molecule has 0 aromatic heterocycles. The topological polar surface area (TPSA) is 52.3 Å². The molecule has 0 aliphatic heterocycles. The Kier molecular flexibility index (Phi) is 3.59. The summed E-state index contributed by atoms with van der Waals surface area (Å²) in [6.07, 6.45) is -4.89. The average Bonchev–Trinajstić information content (AvgIpc) is 2.15. The van der Waals surface area contributed by atoms with Crippen molar-refractivity contribution in [2.45, 2.75) is 13.1 Å². The maximum Gasteiger partial charge on any atom is 0.419 e. The van der Waals surface area contributed by atoms with E-state index in [0.29, 0.717) is 6.07 Å². The molecule has 0 saturated heterocycles. The molecule has 1 aromatic carbocycles. The van der Waals surface area contributed by atoms with E-state index < -0.39 is 34.8 Å². The van der Waals surface area contributed by atoms with Crippen molar-refractivity contribution in [3.05, 3.63) is 29.1 Å². The number of ether oxygens (including phenoxy) is 1. The van der Waals surface area contributed by atoms with Gasteiger partial charge in [-0.15, -0.1) is 0 Å². The summed E-state index contributed by atoms with van der Waals surface area (Å²) in [5.74, 6) is -2.93. The maximum atomic E-state index is 13.5. The highest BCUT2D eigenvalue weighted by molar-refractivity contribution is 5.95. The Hall–Kier alpha value is -1.79. The van der Waals surface area contributed by atoms with Gasteiger partial charge in [-0.1, -0.05) is 0 Å². The number of rotatable bonds is 2. The third-order valence-electron chi connectivity index (χ3n) is 1.96. The van der Waals surface area contributed by atoms with Crippen LogP contribution < -0.4 is 5.73 Å². The van der Waals surface area contributed by atoms with Crippen molar-refractivity contribution in [2.24, 2.45) is 0 Å². The van der Waals surface area contributed by atoms with Gasteiger partial charge >= 0.3 is 12.1 Å². The largest absolute Gasteiger partial charge is 0.462 e. The summed E-state index contributed by atoms with van der Waals surface area (Å²) in [6, 6.07) is 1.30. The van der Waals surface area contributed by atoms with Crippen LogP contribution in [0.1, 0.15) is 22.8 Å². The fourth-order valence-electron chi connectivity index (χ4n) is 1.22. The number of carbonyl (C=O) groups is 1. The van der Waals surface area contributed by atoms with E-state index in [-0.39, 0.29) is 6.61 Å². The molecule has 1 aromatic rings. The van der Waals surface area contributed by atoms with E-state index in [0.717, 1.165) is 6.07 Å². The first-order chi connectivity index (χ1) is 7.79. The second kappa shape index (κ2) is 4.60. The summed E-state index contributed by atoms with van der Waals surface area (Å²) in [7, 11) is 0. The van der Waals surface area contributed by atoms with Crippen molar-refractivity contribution in [1.29, 1.82) is 0 Å². The SMILES string of the molecule is CCOC(=O)c1c(N)ccc(C(F)(F)F)c1F. The molecule has 1 rings (SSSR count). The Labute approximate surface area is 94.2 Å². The van der Waals surface area contributed by atoms with Gasteiger partial charge in [0.25, 0.3) is 0 Å². The normalized spacial score (nSPS) is 11.4. The molecule has 0 atom stereocenters. The molecule has 0 aliphatic rings. The van der Waals surface area contributed by atoms with Crippen molar-refractivity contribution < 1.29 is 27.1 Å². The van der Waals surface area contributed by atoms with Crippen molar-refractivity contribution in [1.82, 2.24) is 0 Å². The minimum Gasteiger partial charge on any atom is -0.462 e. The summed E-state index contributed by atoms with van der Waals surface area (Å²) >= 11 is 0. The Morgan fingerprint density at radius 1 is 1.41 bits per heavy atom. The molecule has 0 heterocycles. The summed E-state index contributed by atoms with van der Waals surface area (Å²) in [4.78, 5) is 11.3. The zero-order chi connectivity index (χ0) is 13.2. The van der Waals surface area contributed by atoms with Gasteiger partial charge in [0, 0.05) is 5.69 Å². The van der Waals surface area contributed by atoms with Crippen LogP contribution in [-0.2, 0) is 10.9 Å². The highest BCUT2D eigenvalue weighted by atomic mass is 19.4. The molecule has 17 heavy (non-hydrogen) atoms. The molecule has 0 spiro atoms. The molecule has 0 radical (unpaired) electrons. The quantitative estimate of drug-likeness (QED) is 0.499. The van der Waals surface area contributed by atoms with E-state index in [1.54, 1.807) is 0 Å². The molecule has 0 saturated carbocycles. The van der Waals surface area contributed by atoms with Crippen molar-refractivity contribution >= 4 is 11.7 Å². The van der Waals surface area contributed by atoms with Crippen LogP contribution in [0.3, 0.4) is 0 Å². The van der Waals surface area contributed by atoms with E-state index in [1.165, 1.54) is 6.92 Å². The number of nitrogen functional groups attached to an aromatic ring is 1. The predicted octanol–water partition coefficient (Wildman–Crippen LogP) is 2.60. The molecule has 2 N–H and O–H groups in total. The Balaban J connectivity index is 3.35. The number of hydrogen-bond acceptors (Lipinski definition) is 3. The number of anilines is 1. The van der Waals surface area contributed by atoms with Gasteiger partial charge in [-0.25, -0.2) is 9.18 Å². The van der Waals surface area contributed by atoms with Gasteiger partial charge in [-0.3, -0.25) is 0 Å². The smallest absolute Gasteiger partial charge is 0.419 e. The lowest BCUT2D eigenvalue weighted by molar-refractivity contribution is -0.140. The number of benzene rings is 1. The van der Waals surface area contributed by atoms with Gasteiger partial charge in [-0.2, -0.15) is 13.2 Å². The molecule has 3 nitrogen and oxygen atoms in total. The van der Waals surface area contributed by atoms with Crippen LogP contribution in [0.2, 0.25) is 0 Å². The van der Waals surface area contributed by atoms with Crippen molar-refractivity contribution in [3.8, 4) is 0 Å². The zero-order valence-corrected chi connectivity index (χ0v) is 8.77. The number of halogens is 4. The summed E-state index contributed by atoms with van der Waals surface area (Å²) in [5, 5.41) is 0. The number of alkyl halides is 3. The molecular formula is C10H9F4NO2. The fourth-order valence-corrected chi connectivity index (χ4v) is 1.22. The second-order valence-electron chi connectivity index (χ2n) is 3.11. The minimum absolute atomic E-state index is 0.0893. The van der Waals surface area contributed by atoms with Crippen LogP contribution in [0.4, 0.5) is 23.2 Å². The van der Waals surface area contributed by atoms with E-state index in [1.807, 2.05) is 0 Å². The number of esters is 1. The lowest BCUT2D eigenvalue weighted by Gasteiger charge is -2.12. The number of nitrogens with two attached hydrogens (primary N) is 1. The van der Waals surface area contributed by atoms with E-state index in [4.69, 9.17) is 5.73 Å². The second-order valence-corrected chi connectivity index (χ2v) is 3.11. The van der Waals surface area contributed by atoms with Gasteiger partial charge in [0.1, 0.15) is 5.56 Å². The average molecular weight is 251 g/mol. The van der Waals surface area contributed by atoms with Crippen LogP contribution in [0.25, 0.3) is 0 Å².